The highest BCUT2D eigenvalue weighted by atomic mass is 16.6. The lowest BCUT2D eigenvalue weighted by atomic mass is 9.52. The molecular weight excluding hydrogens is 1220 g/mol. The first-order valence-electron chi connectivity index (χ1n) is 34.3. The molecule has 0 aromatic heterocycles. The molecule has 12 nitrogen and oxygen atoms in total. The molecule has 98 heavy (non-hydrogen) atoms. The van der Waals surface area contributed by atoms with E-state index in [-0.39, 0.29) is 17.6 Å². The summed E-state index contributed by atoms with van der Waals surface area (Å²) >= 11 is 0. The zero-order valence-electron chi connectivity index (χ0n) is 54.1. The highest BCUT2D eigenvalue weighted by molar-refractivity contribution is 5.88. The Labute approximate surface area is 570 Å². The lowest BCUT2D eigenvalue weighted by Gasteiger charge is -2.49. The van der Waals surface area contributed by atoms with E-state index in [0.717, 1.165) is 94.2 Å². The van der Waals surface area contributed by atoms with Crippen molar-refractivity contribution in [1.82, 2.24) is 0 Å². The van der Waals surface area contributed by atoms with Crippen molar-refractivity contribution >= 4 is 35.8 Å². The van der Waals surface area contributed by atoms with Crippen LogP contribution in [0.1, 0.15) is 149 Å². The van der Waals surface area contributed by atoms with Crippen molar-refractivity contribution in [3.63, 3.8) is 0 Å². The minimum Gasteiger partial charge on any atom is -0.481 e. The highest BCUT2D eigenvalue weighted by Crippen LogP contribution is 2.62. The summed E-state index contributed by atoms with van der Waals surface area (Å²) in [6.07, 6.45) is 10.9. The molecule has 0 spiro atoms. The molecular formula is C86H76O12. The topological polar surface area (TPSA) is 191 Å². The summed E-state index contributed by atoms with van der Waals surface area (Å²) in [7, 11) is 0. The fraction of sp³-hybridized carbons (Fsp3) is 0.279. The second kappa shape index (κ2) is 28.2. The molecule has 9 aromatic rings. The molecule has 0 saturated heterocycles. The average molecular weight is 1300 g/mol. The van der Waals surface area contributed by atoms with Crippen LogP contribution in [0.15, 0.2) is 243 Å². The smallest absolute Gasteiger partial charge is 0.315 e. The van der Waals surface area contributed by atoms with Gasteiger partial charge in [-0.25, -0.2) is 0 Å². The van der Waals surface area contributed by atoms with Crippen LogP contribution in [0.4, 0.5) is 0 Å². The molecule has 14 rings (SSSR count). The second-order valence-corrected chi connectivity index (χ2v) is 27.3. The third-order valence-corrected chi connectivity index (χ3v) is 22.1. The van der Waals surface area contributed by atoms with Gasteiger partial charge >= 0.3 is 35.8 Å². The number of hydrogen-bond acceptors (Lipinski definition) is 9. The van der Waals surface area contributed by atoms with Crippen LogP contribution in [-0.4, -0.2) is 63.3 Å². The molecule has 5 fully saturated rings. The molecule has 0 bridgehead atoms. The van der Waals surface area contributed by atoms with E-state index in [9.17, 15) is 39.3 Å². The van der Waals surface area contributed by atoms with E-state index in [2.05, 4.69) is 24.1 Å². The number of terminal acetylenes is 1. The number of rotatable bonds is 19. The molecule has 12 heteroatoms. The van der Waals surface area contributed by atoms with Crippen molar-refractivity contribution in [1.29, 1.82) is 0 Å². The number of esters is 3. The second-order valence-electron chi connectivity index (χ2n) is 27.3. The summed E-state index contributed by atoms with van der Waals surface area (Å²) in [5, 5.41) is 32.9. The van der Waals surface area contributed by atoms with Crippen LogP contribution in [0.25, 0.3) is 22.3 Å². The molecule has 5 aliphatic carbocycles. The number of carbonyl (C=O) groups excluding carboxylic acids is 3. The molecule has 0 amide bonds. The van der Waals surface area contributed by atoms with Gasteiger partial charge in [-0.05, 0) is 123 Å². The first-order valence-corrected chi connectivity index (χ1v) is 34.3. The summed E-state index contributed by atoms with van der Waals surface area (Å²) in [6, 6.07) is 76.0. The van der Waals surface area contributed by atoms with E-state index in [4.69, 9.17) is 20.6 Å². The van der Waals surface area contributed by atoms with Crippen LogP contribution in [0, 0.1) is 47.9 Å². The number of ether oxygens (including phenoxy) is 3. The monoisotopic (exact) mass is 1300 g/mol. The Morgan fingerprint density at radius 3 is 1.16 bits per heavy atom. The van der Waals surface area contributed by atoms with Gasteiger partial charge in [-0.1, -0.05) is 243 Å². The zero-order chi connectivity index (χ0) is 67.6. The summed E-state index contributed by atoms with van der Waals surface area (Å²) in [5.74, 6) is -11.1. The van der Waals surface area contributed by atoms with Crippen molar-refractivity contribution in [2.24, 2.45) is 35.5 Å². The number of carbonyl (C=O) groups is 6. The SMILES string of the molecule is C#Cc1cccc(OC(=O)[C@@H]2[C@@H](c3ccccc3)[C@@H](C(=O)O)[C@@H]2c2cccc(-c3cccc(C4CCCC[C@@H]4OC(=O)[C@H]4[C@H](c5ccccc5)[C@H](C(=O)O)[C@H]4c4cccc(-c5ccccc5C5CCCC[C@@H]5OC(=O)[C@H]5[C@@H](c6ccccc6)[C@H](C(=O)O)[C@@H]5c5ccccc5)c4)c3)c2)c1. The predicted octanol–water partition coefficient (Wildman–Crippen LogP) is 16.7. The van der Waals surface area contributed by atoms with E-state index in [1.54, 1.807) is 24.3 Å². The maximum atomic E-state index is 15.5. The molecule has 9 aromatic carbocycles. The molecule has 5 saturated carbocycles. The van der Waals surface area contributed by atoms with Gasteiger partial charge in [0.2, 0.25) is 0 Å². The predicted molar refractivity (Wildman–Crippen MR) is 372 cm³/mol. The van der Waals surface area contributed by atoms with Crippen LogP contribution < -0.4 is 4.74 Å². The van der Waals surface area contributed by atoms with Gasteiger partial charge in [0.1, 0.15) is 18.0 Å². The van der Waals surface area contributed by atoms with Gasteiger partial charge in [-0.15, -0.1) is 6.42 Å². The van der Waals surface area contributed by atoms with Crippen molar-refractivity contribution in [3.05, 3.63) is 293 Å². The summed E-state index contributed by atoms with van der Waals surface area (Å²) in [5.41, 5.74) is 10.3. The highest BCUT2D eigenvalue weighted by Gasteiger charge is 2.62. The molecule has 0 heterocycles. The van der Waals surface area contributed by atoms with Gasteiger partial charge in [0.25, 0.3) is 0 Å². The standard InChI is InChI=1S/C86H76O12/c1-2-51-25-21-40-62(47-51)96-84(93)79-71(54-30-11-5-12-31-54)76(82(89)90)73(79)60-38-23-35-57(49-60)56-34-22-37-59(48-56)64-42-17-19-45-67(64)97-86(95)80-72(55-32-13-6-14-33-55)77(83(91)92)74(80)61-39-24-36-58(50-61)63-41-15-16-43-65(63)66-44-18-20-46-68(66)98-85(94)78-69(52-26-7-3-8-27-52)75(81(87)88)70(78)53-28-9-4-10-29-53/h1,3-16,21-41,43,47-50,64,66-80H,17-20,42,44-46H2,(H,87,88)(H,89,90)(H,91,92)/t64?,66?,67-,68-,69-,70-,71-,72+,73-,74+,75-,76+,77-,78-,79+,80-/m0/s1. The van der Waals surface area contributed by atoms with Gasteiger partial charge < -0.3 is 29.5 Å². The Morgan fingerprint density at radius 1 is 0.337 bits per heavy atom. The number of benzene rings is 9. The summed E-state index contributed by atoms with van der Waals surface area (Å²) in [6.45, 7) is 0. The molecule has 0 radical (unpaired) electrons. The Morgan fingerprint density at radius 2 is 0.694 bits per heavy atom. The molecule has 0 aliphatic heterocycles. The van der Waals surface area contributed by atoms with Gasteiger partial charge in [0, 0.05) is 52.9 Å². The molecule has 492 valence electrons. The Hall–Kier alpha value is -10.6. The van der Waals surface area contributed by atoms with Crippen LogP contribution in [0.2, 0.25) is 0 Å². The largest absolute Gasteiger partial charge is 0.481 e. The van der Waals surface area contributed by atoms with Gasteiger partial charge in [-0.2, -0.15) is 0 Å². The van der Waals surface area contributed by atoms with Crippen molar-refractivity contribution < 1.29 is 58.3 Å². The average Bonchev–Trinajstić information content (AvgIpc) is 0.748. The normalized spacial score (nSPS) is 27.0. The quantitative estimate of drug-likeness (QED) is 0.0395. The maximum absolute atomic E-state index is 15.5. The maximum Gasteiger partial charge on any atom is 0.315 e. The van der Waals surface area contributed by atoms with Gasteiger partial charge in [-0.3, -0.25) is 28.8 Å². The lowest BCUT2D eigenvalue weighted by molar-refractivity contribution is -0.171. The van der Waals surface area contributed by atoms with Crippen molar-refractivity contribution in [2.75, 3.05) is 0 Å². The van der Waals surface area contributed by atoms with Crippen molar-refractivity contribution in [3.8, 4) is 40.3 Å². The first kappa shape index (κ1) is 64.7. The number of carboxylic acids is 3. The van der Waals surface area contributed by atoms with E-state index in [1.807, 2.05) is 200 Å². The number of aliphatic carboxylic acids is 3. The molecule has 5 aliphatic rings. The third kappa shape index (κ3) is 12.5. The zero-order valence-corrected chi connectivity index (χ0v) is 54.1. The molecule has 2 unspecified atom stereocenters. The van der Waals surface area contributed by atoms with Crippen LogP contribution in [-0.2, 0) is 38.2 Å². The minimum atomic E-state index is -1.02. The number of carboxylic acid groups (broad SMARTS) is 3. The van der Waals surface area contributed by atoms with Crippen LogP contribution in [0.5, 0.6) is 5.75 Å². The molecule has 14 atom stereocenters. The summed E-state index contributed by atoms with van der Waals surface area (Å²) < 4.78 is 19.6. The van der Waals surface area contributed by atoms with Crippen LogP contribution in [0.3, 0.4) is 0 Å². The summed E-state index contributed by atoms with van der Waals surface area (Å²) in [4.78, 5) is 85.2. The fourth-order valence-electron chi connectivity index (χ4n) is 17.6. The van der Waals surface area contributed by atoms with Gasteiger partial charge in [0.05, 0.1) is 35.5 Å². The minimum absolute atomic E-state index is 0.199. The van der Waals surface area contributed by atoms with Crippen molar-refractivity contribution in [2.45, 2.75) is 111 Å². The van der Waals surface area contributed by atoms with E-state index in [0.29, 0.717) is 29.5 Å². The first-order chi connectivity index (χ1) is 47.8. The van der Waals surface area contributed by atoms with E-state index < -0.39 is 119 Å². The van der Waals surface area contributed by atoms with E-state index >= 15 is 4.79 Å². The van der Waals surface area contributed by atoms with Gasteiger partial charge in [0.15, 0.2) is 0 Å². The Bertz CT molecular complexity index is 4420. The molecule has 3 N–H and O–H groups in total. The lowest BCUT2D eigenvalue weighted by Crippen LogP contribution is -2.52. The third-order valence-electron chi connectivity index (χ3n) is 22.1. The number of hydrogen-bond donors (Lipinski definition) is 3. The fourth-order valence-corrected chi connectivity index (χ4v) is 17.6. The van der Waals surface area contributed by atoms with Crippen LogP contribution >= 0.6 is 0 Å². The van der Waals surface area contributed by atoms with E-state index in [1.165, 1.54) is 0 Å². The Kier molecular flexibility index (Phi) is 18.6. The Balaban J connectivity index is 0.736.